The van der Waals surface area contributed by atoms with E-state index in [-0.39, 0.29) is 45.3 Å². The summed E-state index contributed by atoms with van der Waals surface area (Å²) in [6.45, 7) is -0.418. The molecular formula is C15H14ClN3O6S2. The molecule has 12 heteroatoms. The molecule has 2 aromatic carbocycles. The Morgan fingerprint density at radius 3 is 2.63 bits per heavy atom. The average molecular weight is 432 g/mol. The smallest absolute Gasteiger partial charge is 0.262 e. The second kappa shape index (κ2) is 7.09. The van der Waals surface area contributed by atoms with Crippen LogP contribution in [0.1, 0.15) is 5.56 Å². The number of nitrogens with two attached hydrogens (primary N) is 1. The van der Waals surface area contributed by atoms with E-state index in [0.29, 0.717) is 5.56 Å². The Morgan fingerprint density at radius 2 is 1.93 bits per heavy atom. The zero-order chi connectivity index (χ0) is 19.8. The summed E-state index contributed by atoms with van der Waals surface area (Å²) in [7, 11) is -7.94. The lowest BCUT2D eigenvalue weighted by Crippen LogP contribution is -2.27. The van der Waals surface area contributed by atoms with Crippen molar-refractivity contribution in [1.29, 1.82) is 0 Å². The highest BCUT2D eigenvalue weighted by Crippen LogP contribution is 2.35. The van der Waals surface area contributed by atoms with Crippen LogP contribution in [0.4, 0.5) is 5.69 Å². The van der Waals surface area contributed by atoms with Crippen LogP contribution in [0.25, 0.3) is 0 Å². The maximum atomic E-state index is 12.6. The summed E-state index contributed by atoms with van der Waals surface area (Å²) in [6.07, 6.45) is 0. The molecule has 27 heavy (non-hydrogen) atoms. The predicted octanol–water partition coefficient (Wildman–Crippen LogP) is 0.797. The molecule has 3 rings (SSSR count). The van der Waals surface area contributed by atoms with Gasteiger partial charge in [-0.2, -0.15) is 0 Å². The van der Waals surface area contributed by atoms with Crippen molar-refractivity contribution in [2.45, 2.75) is 16.3 Å². The van der Waals surface area contributed by atoms with Crippen molar-refractivity contribution in [1.82, 2.24) is 4.72 Å². The van der Waals surface area contributed by atoms with Crippen LogP contribution in [0.3, 0.4) is 0 Å². The summed E-state index contributed by atoms with van der Waals surface area (Å²) in [5, 5.41) is 7.48. The molecule has 0 unspecified atom stereocenters. The number of hydrogen-bond acceptors (Lipinski definition) is 6. The highest BCUT2D eigenvalue weighted by atomic mass is 35.5. The molecule has 0 saturated carbocycles. The molecule has 1 heterocycles. The minimum absolute atomic E-state index is 0.106. The predicted molar refractivity (Wildman–Crippen MR) is 97.4 cm³/mol. The van der Waals surface area contributed by atoms with Crippen LogP contribution in [0.2, 0.25) is 5.02 Å². The van der Waals surface area contributed by atoms with Gasteiger partial charge in [-0.3, -0.25) is 4.79 Å². The maximum absolute atomic E-state index is 12.6. The molecule has 1 aliphatic rings. The van der Waals surface area contributed by atoms with Crippen LogP contribution in [0.15, 0.2) is 46.2 Å². The van der Waals surface area contributed by atoms with Gasteiger partial charge in [0.1, 0.15) is 10.6 Å². The zero-order valence-electron chi connectivity index (χ0n) is 13.6. The highest BCUT2D eigenvalue weighted by Gasteiger charge is 2.24. The minimum Gasteiger partial charge on any atom is -0.482 e. The lowest BCUT2D eigenvalue weighted by atomic mass is 10.2. The number of sulfonamides is 2. The number of fused-ring (bicyclic) bond motifs is 1. The van der Waals surface area contributed by atoms with Crippen molar-refractivity contribution in [2.75, 3.05) is 11.9 Å². The van der Waals surface area contributed by atoms with Gasteiger partial charge < -0.3 is 10.1 Å². The van der Waals surface area contributed by atoms with Crippen molar-refractivity contribution < 1.29 is 26.4 Å². The second-order valence-corrected chi connectivity index (χ2v) is 9.34. The molecular weight excluding hydrogens is 418 g/mol. The molecule has 2 aromatic rings. The first-order chi connectivity index (χ1) is 12.6. The third-order valence-electron chi connectivity index (χ3n) is 3.65. The van der Waals surface area contributed by atoms with E-state index < -0.39 is 20.0 Å². The van der Waals surface area contributed by atoms with Gasteiger partial charge in [-0.1, -0.05) is 23.7 Å². The van der Waals surface area contributed by atoms with Crippen LogP contribution >= 0.6 is 11.6 Å². The molecule has 0 spiro atoms. The van der Waals surface area contributed by atoms with Crippen molar-refractivity contribution >= 4 is 43.2 Å². The van der Waals surface area contributed by atoms with Crippen molar-refractivity contribution in [3.63, 3.8) is 0 Å². The quantitative estimate of drug-likeness (QED) is 0.638. The minimum atomic E-state index is -4.04. The normalized spacial score (nSPS) is 14.2. The van der Waals surface area contributed by atoms with Crippen LogP contribution < -0.4 is 19.9 Å². The van der Waals surface area contributed by atoms with Gasteiger partial charge in [-0.15, -0.1) is 0 Å². The Hall–Kier alpha value is -2.18. The zero-order valence-corrected chi connectivity index (χ0v) is 16.0. The fourth-order valence-electron chi connectivity index (χ4n) is 2.38. The number of carbonyl (C=O) groups is 1. The number of amides is 1. The monoisotopic (exact) mass is 431 g/mol. The fourth-order valence-corrected chi connectivity index (χ4v) is 4.52. The van der Waals surface area contributed by atoms with E-state index in [4.69, 9.17) is 21.5 Å². The van der Waals surface area contributed by atoms with Gasteiger partial charge in [0.25, 0.3) is 5.91 Å². The van der Waals surface area contributed by atoms with Crippen LogP contribution in [0, 0.1) is 0 Å². The molecule has 0 bridgehead atoms. The van der Waals surface area contributed by atoms with Gasteiger partial charge in [-0.25, -0.2) is 26.7 Å². The molecule has 0 aromatic heterocycles. The molecule has 144 valence electrons. The molecule has 4 N–H and O–H groups in total. The number of nitrogens with one attached hydrogen (secondary N) is 2. The number of benzene rings is 2. The van der Waals surface area contributed by atoms with E-state index in [1.807, 2.05) is 0 Å². The number of primary sulfonamides is 1. The summed E-state index contributed by atoms with van der Waals surface area (Å²) >= 11 is 6.04. The molecule has 0 radical (unpaired) electrons. The molecule has 9 nitrogen and oxygen atoms in total. The maximum Gasteiger partial charge on any atom is 0.262 e. The Morgan fingerprint density at radius 1 is 1.19 bits per heavy atom. The fraction of sp³-hybridized carbons (Fsp3) is 0.133. The number of ether oxygens (including phenoxy) is 1. The standard InChI is InChI=1S/C15H14ClN3O6S2/c16-11-5-12-13(25-8-15(20)19-12)6-14(11)27(23,24)18-7-9-2-1-3-10(4-9)26(17,21)22/h1-6,18H,7-8H2,(H,19,20)(H2,17,21,22). The van der Waals surface area contributed by atoms with E-state index in [2.05, 4.69) is 10.0 Å². The van der Waals surface area contributed by atoms with E-state index >= 15 is 0 Å². The summed E-state index contributed by atoms with van der Waals surface area (Å²) in [6, 6.07) is 8.06. The topological polar surface area (TPSA) is 145 Å². The van der Waals surface area contributed by atoms with Crippen LogP contribution in [0.5, 0.6) is 5.75 Å². The Balaban J connectivity index is 1.85. The van der Waals surface area contributed by atoms with E-state index in [9.17, 15) is 21.6 Å². The van der Waals surface area contributed by atoms with Gasteiger partial charge in [0.15, 0.2) is 6.61 Å². The first-order valence-corrected chi connectivity index (χ1v) is 10.8. The summed E-state index contributed by atoms with van der Waals surface area (Å²) in [5.41, 5.74) is 0.666. The SMILES string of the molecule is NS(=O)(=O)c1cccc(CNS(=O)(=O)c2cc3c(cc2Cl)NC(=O)CO3)c1. The summed E-state index contributed by atoms with van der Waals surface area (Å²) in [4.78, 5) is 11.0. The number of anilines is 1. The van der Waals surface area contributed by atoms with Gasteiger partial charge in [0, 0.05) is 12.6 Å². The Labute approximate surface area is 160 Å². The third kappa shape index (κ3) is 4.39. The van der Waals surface area contributed by atoms with Crippen LogP contribution in [-0.2, 0) is 31.4 Å². The first kappa shape index (κ1) is 19.6. The molecule has 0 aliphatic carbocycles. The molecule has 0 atom stereocenters. The van der Waals surface area contributed by atoms with Crippen molar-refractivity contribution in [3.05, 3.63) is 47.0 Å². The largest absolute Gasteiger partial charge is 0.482 e. The summed E-state index contributed by atoms with van der Waals surface area (Å²) < 4.78 is 55.5. The number of halogens is 1. The number of carbonyl (C=O) groups excluding carboxylic acids is 1. The molecule has 1 amide bonds. The number of rotatable bonds is 5. The molecule has 0 fully saturated rings. The number of hydrogen-bond donors (Lipinski definition) is 3. The van der Waals surface area contributed by atoms with E-state index in [0.717, 1.165) is 0 Å². The molecule has 0 saturated heterocycles. The molecule has 1 aliphatic heterocycles. The lowest BCUT2D eigenvalue weighted by Gasteiger charge is -2.19. The van der Waals surface area contributed by atoms with Gasteiger partial charge >= 0.3 is 0 Å². The van der Waals surface area contributed by atoms with Gasteiger partial charge in [-0.05, 0) is 23.8 Å². The Bertz CT molecular complexity index is 1130. The Kier molecular flexibility index (Phi) is 5.14. The lowest BCUT2D eigenvalue weighted by molar-refractivity contribution is -0.118. The van der Waals surface area contributed by atoms with E-state index in [1.54, 1.807) is 6.07 Å². The van der Waals surface area contributed by atoms with Gasteiger partial charge in [0.05, 0.1) is 15.6 Å². The first-order valence-electron chi connectivity index (χ1n) is 7.44. The highest BCUT2D eigenvalue weighted by molar-refractivity contribution is 7.89. The summed E-state index contributed by atoms with van der Waals surface area (Å²) in [5.74, 6) is -0.197. The van der Waals surface area contributed by atoms with E-state index in [1.165, 1.54) is 30.3 Å². The van der Waals surface area contributed by atoms with Crippen LogP contribution in [-0.4, -0.2) is 29.3 Å². The third-order valence-corrected chi connectivity index (χ3v) is 6.43. The second-order valence-electron chi connectivity index (χ2n) is 5.63. The average Bonchev–Trinajstić information content (AvgIpc) is 2.59. The van der Waals surface area contributed by atoms with Gasteiger partial charge in [0.2, 0.25) is 20.0 Å². The van der Waals surface area contributed by atoms with Crippen molar-refractivity contribution in [2.24, 2.45) is 5.14 Å². The van der Waals surface area contributed by atoms with Crippen molar-refractivity contribution in [3.8, 4) is 5.75 Å².